The fraction of sp³-hybridized carbons (Fsp3) is 0.629. The van der Waals surface area contributed by atoms with Crippen molar-refractivity contribution in [3.05, 3.63) is 52.0 Å². The number of carboxylic acid groups (broad SMARTS) is 1. The Hall–Kier alpha value is -3.31. The van der Waals surface area contributed by atoms with Crippen LogP contribution in [0, 0.1) is 5.92 Å². The van der Waals surface area contributed by atoms with Gasteiger partial charge in [-0.2, -0.15) is 0 Å². The van der Waals surface area contributed by atoms with Gasteiger partial charge in [-0.15, -0.1) is 11.3 Å². The molecule has 0 bridgehead atoms. The molecule has 10 nitrogen and oxygen atoms in total. The van der Waals surface area contributed by atoms with Gasteiger partial charge in [0.25, 0.3) is 5.91 Å². The first-order chi connectivity index (χ1) is 21.9. The molecule has 2 rings (SSSR count). The van der Waals surface area contributed by atoms with E-state index in [1.165, 1.54) is 11.3 Å². The molecule has 3 N–H and O–H groups in total. The van der Waals surface area contributed by atoms with Crippen molar-refractivity contribution in [3.63, 3.8) is 0 Å². The lowest BCUT2D eigenvalue weighted by atomic mass is 9.96. The summed E-state index contributed by atoms with van der Waals surface area (Å²) in [6.07, 6.45) is 6.71. The minimum Gasteiger partial charge on any atom is -0.481 e. The van der Waals surface area contributed by atoms with Crippen LogP contribution in [0.25, 0.3) is 0 Å². The normalized spacial score (nSPS) is 13.3. The lowest BCUT2D eigenvalue weighted by Gasteiger charge is -2.34. The van der Waals surface area contributed by atoms with Gasteiger partial charge in [0.15, 0.2) is 0 Å². The van der Waals surface area contributed by atoms with Gasteiger partial charge in [-0.3, -0.25) is 24.1 Å². The second-order valence-electron chi connectivity index (χ2n) is 12.6. The molecule has 2 aromatic rings. The Morgan fingerprint density at radius 1 is 0.957 bits per heavy atom. The maximum Gasteiger partial charge on any atom is 0.303 e. The second kappa shape index (κ2) is 20.7. The number of carbonyl (C=O) groups is 4. The van der Waals surface area contributed by atoms with Crippen molar-refractivity contribution in [1.82, 2.24) is 25.4 Å². The molecule has 46 heavy (non-hydrogen) atoms. The van der Waals surface area contributed by atoms with E-state index in [1.807, 2.05) is 56.3 Å². The van der Waals surface area contributed by atoms with Crippen LogP contribution < -0.4 is 10.6 Å². The topological polar surface area (TPSA) is 132 Å². The van der Waals surface area contributed by atoms with Crippen LogP contribution >= 0.6 is 11.3 Å². The molecule has 3 atom stereocenters. The molecule has 11 heteroatoms. The van der Waals surface area contributed by atoms with Gasteiger partial charge >= 0.3 is 5.97 Å². The molecule has 1 aromatic heterocycles. The van der Waals surface area contributed by atoms with Crippen LogP contribution in [0.4, 0.5) is 0 Å². The number of benzene rings is 1. The highest BCUT2D eigenvalue weighted by atomic mass is 32.1. The smallest absolute Gasteiger partial charge is 0.303 e. The van der Waals surface area contributed by atoms with Crippen molar-refractivity contribution in [2.45, 2.75) is 110 Å². The van der Waals surface area contributed by atoms with Crippen LogP contribution in [0.5, 0.6) is 0 Å². The summed E-state index contributed by atoms with van der Waals surface area (Å²) in [7, 11) is 3.74. The van der Waals surface area contributed by atoms with Gasteiger partial charge in [-0.1, -0.05) is 77.3 Å². The molecule has 0 spiro atoms. The summed E-state index contributed by atoms with van der Waals surface area (Å²) in [5.74, 6) is -1.28. The number of unbranched alkanes of at least 4 members (excludes halogenated alkanes) is 2. The highest BCUT2D eigenvalue weighted by Gasteiger charge is 2.30. The largest absolute Gasteiger partial charge is 0.481 e. The Morgan fingerprint density at radius 2 is 1.67 bits per heavy atom. The van der Waals surface area contributed by atoms with Gasteiger partial charge in [-0.25, -0.2) is 4.98 Å². The Kier molecular flexibility index (Phi) is 17.5. The van der Waals surface area contributed by atoms with Crippen LogP contribution in [-0.2, 0) is 27.2 Å². The molecule has 256 valence electrons. The molecule has 3 unspecified atom stereocenters. The van der Waals surface area contributed by atoms with E-state index in [4.69, 9.17) is 0 Å². The number of aliphatic carboxylic acids is 1. The second-order valence-corrected chi connectivity index (χ2v) is 13.5. The van der Waals surface area contributed by atoms with E-state index >= 15 is 0 Å². The van der Waals surface area contributed by atoms with Crippen LogP contribution in [0.3, 0.4) is 0 Å². The number of thiazole rings is 1. The number of hydrogen-bond acceptors (Lipinski definition) is 7. The summed E-state index contributed by atoms with van der Waals surface area (Å²) < 4.78 is 0. The van der Waals surface area contributed by atoms with E-state index in [9.17, 15) is 24.3 Å². The highest BCUT2D eigenvalue weighted by Crippen LogP contribution is 2.21. The summed E-state index contributed by atoms with van der Waals surface area (Å²) in [4.78, 5) is 59.1. The molecular formula is C35H55N5O5S. The minimum atomic E-state index is -0.903. The summed E-state index contributed by atoms with van der Waals surface area (Å²) in [6.45, 7) is 9.44. The van der Waals surface area contributed by atoms with Crippen LogP contribution in [-0.4, -0.2) is 88.9 Å². The van der Waals surface area contributed by atoms with Gasteiger partial charge in [-0.05, 0) is 57.2 Å². The summed E-state index contributed by atoms with van der Waals surface area (Å²) in [6, 6.07) is 8.69. The third kappa shape index (κ3) is 14.0. The predicted octanol–water partition coefficient (Wildman–Crippen LogP) is 5.17. The number of nitrogens with zero attached hydrogens (tertiary/aromatic N) is 3. The molecule has 0 aliphatic carbocycles. The first-order valence-corrected chi connectivity index (χ1v) is 17.6. The number of carboxylic acids is 1. The molecule has 1 aromatic carbocycles. The van der Waals surface area contributed by atoms with E-state index in [0.717, 1.165) is 42.8 Å². The van der Waals surface area contributed by atoms with Crippen molar-refractivity contribution < 1.29 is 24.3 Å². The Bertz CT molecular complexity index is 1220. The predicted molar refractivity (Wildman–Crippen MR) is 184 cm³/mol. The third-order valence-electron chi connectivity index (χ3n) is 8.19. The quantitative estimate of drug-likeness (QED) is 0.149. The molecule has 0 radical (unpaired) electrons. The molecule has 1 heterocycles. The minimum absolute atomic E-state index is 0.0399. The zero-order valence-electron chi connectivity index (χ0n) is 28.6. The lowest BCUT2D eigenvalue weighted by Crippen LogP contribution is -2.53. The standard InChI is InChI=1S/C35H55N5O5S/c1-7-9-13-21-39(5)23-31(41)37-28(14-8-2)35(45)40(6)30(25(3)4)18-19-32-38-29(24-46-32)34(44)36-27(17-20-33(42)43)22-26-15-11-10-12-16-26/h10-12,15-16,24-25,27-28,30H,7-9,13-14,17-23H2,1-6H3,(H,36,44)(H,37,41)(H,42,43). The molecule has 0 aliphatic rings. The summed E-state index contributed by atoms with van der Waals surface area (Å²) in [5.41, 5.74) is 1.33. The van der Waals surface area contributed by atoms with Crippen LogP contribution in [0.15, 0.2) is 35.7 Å². The average Bonchev–Trinajstić information content (AvgIpc) is 3.49. The van der Waals surface area contributed by atoms with Crippen molar-refractivity contribution in [3.8, 4) is 0 Å². The van der Waals surface area contributed by atoms with Gasteiger partial charge < -0.3 is 20.6 Å². The van der Waals surface area contributed by atoms with Gasteiger partial charge in [0, 0.05) is 37.4 Å². The van der Waals surface area contributed by atoms with Gasteiger partial charge in [0.1, 0.15) is 11.7 Å². The first kappa shape index (κ1) is 38.9. The lowest BCUT2D eigenvalue weighted by molar-refractivity contribution is -0.138. The maximum absolute atomic E-state index is 13.6. The van der Waals surface area contributed by atoms with E-state index in [2.05, 4.69) is 36.4 Å². The van der Waals surface area contributed by atoms with Crippen molar-refractivity contribution in [2.75, 3.05) is 27.2 Å². The van der Waals surface area contributed by atoms with Gasteiger partial charge in [0.05, 0.1) is 11.6 Å². The fourth-order valence-corrected chi connectivity index (χ4v) is 6.40. The Balaban J connectivity index is 2.01. The van der Waals surface area contributed by atoms with Crippen molar-refractivity contribution >= 4 is 35.0 Å². The Labute approximate surface area is 279 Å². The Morgan fingerprint density at radius 3 is 2.30 bits per heavy atom. The van der Waals surface area contributed by atoms with Crippen molar-refractivity contribution in [1.29, 1.82) is 0 Å². The number of likely N-dealkylation sites (N-methyl/N-ethyl adjacent to an activating group) is 2. The average molecular weight is 658 g/mol. The number of carbonyl (C=O) groups excluding carboxylic acids is 3. The summed E-state index contributed by atoms with van der Waals surface area (Å²) >= 11 is 1.41. The highest BCUT2D eigenvalue weighted by molar-refractivity contribution is 7.09. The number of aromatic nitrogens is 1. The molecule has 0 fully saturated rings. The number of amides is 3. The van der Waals surface area contributed by atoms with E-state index in [1.54, 1.807) is 10.3 Å². The zero-order valence-corrected chi connectivity index (χ0v) is 29.4. The van der Waals surface area contributed by atoms with E-state index in [-0.39, 0.29) is 48.7 Å². The number of nitrogens with one attached hydrogen (secondary N) is 2. The van der Waals surface area contributed by atoms with E-state index < -0.39 is 12.0 Å². The summed E-state index contributed by atoms with van der Waals surface area (Å²) in [5, 5.41) is 17.7. The SMILES string of the molecule is CCCCCN(C)CC(=O)NC(CCC)C(=O)N(C)C(CCc1nc(C(=O)NC(CCC(=O)O)Cc2ccccc2)cs1)C(C)C. The third-order valence-corrected chi connectivity index (χ3v) is 9.10. The zero-order chi connectivity index (χ0) is 34.1. The van der Waals surface area contributed by atoms with Crippen LogP contribution in [0.2, 0.25) is 0 Å². The number of hydrogen-bond donors (Lipinski definition) is 3. The van der Waals surface area contributed by atoms with Gasteiger partial charge in [0.2, 0.25) is 11.8 Å². The maximum atomic E-state index is 13.6. The molecule has 0 saturated carbocycles. The molecule has 3 amide bonds. The first-order valence-electron chi connectivity index (χ1n) is 16.7. The van der Waals surface area contributed by atoms with Crippen molar-refractivity contribution in [2.24, 2.45) is 5.92 Å². The monoisotopic (exact) mass is 657 g/mol. The fourth-order valence-electron chi connectivity index (χ4n) is 5.61. The number of aryl methyl sites for hydroxylation is 1. The molecule has 0 aliphatic heterocycles. The van der Waals surface area contributed by atoms with Crippen LogP contribution in [0.1, 0.15) is 100 Å². The molecular weight excluding hydrogens is 602 g/mol. The number of rotatable bonds is 22. The van der Waals surface area contributed by atoms with E-state index in [0.29, 0.717) is 37.8 Å². The molecule has 0 saturated heterocycles.